The normalized spacial score (nSPS) is 20.9. The highest BCUT2D eigenvalue weighted by atomic mass is 19.4. The van der Waals surface area contributed by atoms with Crippen LogP contribution in [0.1, 0.15) is 10.4 Å². The Morgan fingerprint density at radius 1 is 1.23 bits per heavy atom. The van der Waals surface area contributed by atoms with Crippen molar-refractivity contribution < 1.29 is 45.8 Å². The molecule has 0 bridgehead atoms. The smallest absolute Gasteiger partial charge is 0.422 e. The van der Waals surface area contributed by atoms with Crippen LogP contribution in [0.4, 0.5) is 26.3 Å². The zero-order valence-electron chi connectivity index (χ0n) is 12.8. The standard InChI is InChI=1S/C14H12F6N2O4/c15-13(16,17)6-26-10-7(2-1-3-21-10)11(23)22-4-8(12(24)25)9(5-22)14(18,19)20/h1-3,8-9H,4-6H2,(H,24,25)/t8-,9-/m1/s1. The van der Waals surface area contributed by atoms with Gasteiger partial charge in [-0.2, -0.15) is 26.3 Å². The molecule has 144 valence electrons. The molecule has 1 aliphatic rings. The van der Waals surface area contributed by atoms with Gasteiger partial charge in [-0.3, -0.25) is 9.59 Å². The van der Waals surface area contributed by atoms with Gasteiger partial charge < -0.3 is 14.7 Å². The number of rotatable bonds is 4. The van der Waals surface area contributed by atoms with Crippen molar-refractivity contribution in [2.75, 3.05) is 19.7 Å². The van der Waals surface area contributed by atoms with E-state index in [1.807, 2.05) is 0 Å². The van der Waals surface area contributed by atoms with Gasteiger partial charge in [0.1, 0.15) is 5.56 Å². The van der Waals surface area contributed by atoms with E-state index in [4.69, 9.17) is 5.11 Å². The fourth-order valence-electron chi connectivity index (χ4n) is 2.54. The van der Waals surface area contributed by atoms with Crippen LogP contribution in [-0.4, -0.2) is 58.9 Å². The summed E-state index contributed by atoms with van der Waals surface area (Å²) in [5.41, 5.74) is -0.483. The second-order valence-electron chi connectivity index (χ2n) is 5.56. The number of aromatic nitrogens is 1. The Bertz CT molecular complexity index is 691. The summed E-state index contributed by atoms with van der Waals surface area (Å²) in [5, 5.41) is 8.95. The van der Waals surface area contributed by atoms with Crippen LogP contribution in [0.3, 0.4) is 0 Å². The van der Waals surface area contributed by atoms with Crippen molar-refractivity contribution >= 4 is 11.9 Å². The van der Waals surface area contributed by atoms with Gasteiger partial charge in [0.25, 0.3) is 5.91 Å². The molecule has 0 radical (unpaired) electrons. The number of hydrogen-bond donors (Lipinski definition) is 1. The SMILES string of the molecule is O=C(O)[C@@H]1CN(C(=O)c2cccnc2OCC(F)(F)F)C[C@H]1C(F)(F)F. The number of halogens is 6. The van der Waals surface area contributed by atoms with Crippen LogP contribution in [0.5, 0.6) is 5.88 Å². The molecule has 1 saturated heterocycles. The number of alkyl halides is 6. The van der Waals surface area contributed by atoms with E-state index in [2.05, 4.69) is 9.72 Å². The minimum atomic E-state index is -4.84. The van der Waals surface area contributed by atoms with Gasteiger partial charge in [0.2, 0.25) is 5.88 Å². The van der Waals surface area contributed by atoms with E-state index in [1.54, 1.807) is 0 Å². The Hall–Kier alpha value is -2.53. The van der Waals surface area contributed by atoms with Gasteiger partial charge in [0.15, 0.2) is 6.61 Å². The van der Waals surface area contributed by atoms with Crippen molar-refractivity contribution in [1.29, 1.82) is 0 Å². The third-order valence-electron chi connectivity index (χ3n) is 3.72. The van der Waals surface area contributed by atoms with E-state index in [0.29, 0.717) is 4.90 Å². The van der Waals surface area contributed by atoms with Gasteiger partial charge in [-0.05, 0) is 12.1 Å². The molecule has 2 atom stereocenters. The first kappa shape index (κ1) is 19.8. The fourth-order valence-corrected chi connectivity index (χ4v) is 2.54. The van der Waals surface area contributed by atoms with Gasteiger partial charge in [-0.1, -0.05) is 0 Å². The molecule has 1 aromatic rings. The minimum Gasteiger partial charge on any atom is -0.481 e. The maximum absolute atomic E-state index is 13.0. The van der Waals surface area contributed by atoms with Crippen molar-refractivity contribution in [3.8, 4) is 5.88 Å². The van der Waals surface area contributed by atoms with E-state index < -0.39 is 67.2 Å². The molecule has 0 aliphatic carbocycles. The fraction of sp³-hybridized carbons (Fsp3) is 0.500. The van der Waals surface area contributed by atoms with Crippen LogP contribution in [0.15, 0.2) is 18.3 Å². The third-order valence-corrected chi connectivity index (χ3v) is 3.72. The van der Waals surface area contributed by atoms with Gasteiger partial charge in [-0.25, -0.2) is 4.98 Å². The van der Waals surface area contributed by atoms with E-state index in [-0.39, 0.29) is 0 Å². The Balaban J connectivity index is 2.23. The number of hydrogen-bond acceptors (Lipinski definition) is 4. The van der Waals surface area contributed by atoms with Crippen LogP contribution in [0.2, 0.25) is 0 Å². The molecule has 2 heterocycles. The molecule has 1 aliphatic heterocycles. The zero-order valence-corrected chi connectivity index (χ0v) is 12.8. The highest BCUT2D eigenvalue weighted by molar-refractivity contribution is 5.97. The summed E-state index contributed by atoms with van der Waals surface area (Å²) >= 11 is 0. The van der Waals surface area contributed by atoms with Gasteiger partial charge in [0.05, 0.1) is 11.8 Å². The van der Waals surface area contributed by atoms with Gasteiger partial charge in [-0.15, -0.1) is 0 Å². The molecule has 12 heteroatoms. The van der Waals surface area contributed by atoms with Gasteiger partial charge >= 0.3 is 18.3 Å². The number of amides is 1. The molecule has 1 amide bonds. The number of pyridine rings is 1. The summed E-state index contributed by atoms with van der Waals surface area (Å²) < 4.78 is 80.1. The van der Waals surface area contributed by atoms with Crippen molar-refractivity contribution in [3.63, 3.8) is 0 Å². The summed E-state index contributed by atoms with van der Waals surface area (Å²) in [6.45, 7) is -3.40. The number of aliphatic carboxylic acids is 1. The maximum Gasteiger partial charge on any atom is 0.422 e. The molecule has 1 N–H and O–H groups in total. The lowest BCUT2D eigenvalue weighted by molar-refractivity contribution is -0.187. The highest BCUT2D eigenvalue weighted by Gasteiger charge is 2.53. The predicted molar refractivity (Wildman–Crippen MR) is 72.4 cm³/mol. The first-order valence-corrected chi connectivity index (χ1v) is 7.13. The molecule has 1 fully saturated rings. The monoisotopic (exact) mass is 386 g/mol. The van der Waals surface area contributed by atoms with Crippen LogP contribution in [-0.2, 0) is 4.79 Å². The average molecular weight is 386 g/mol. The second kappa shape index (κ2) is 7.00. The number of carboxylic acids is 1. The summed E-state index contributed by atoms with van der Waals surface area (Å²) in [6.07, 6.45) is -8.51. The lowest BCUT2D eigenvalue weighted by atomic mass is 9.96. The number of likely N-dealkylation sites (tertiary alicyclic amines) is 1. The summed E-state index contributed by atoms with van der Waals surface area (Å²) in [7, 11) is 0. The largest absolute Gasteiger partial charge is 0.481 e. The van der Waals surface area contributed by atoms with Crippen molar-refractivity contribution in [2.24, 2.45) is 11.8 Å². The van der Waals surface area contributed by atoms with Crippen LogP contribution >= 0.6 is 0 Å². The predicted octanol–water partition coefficient (Wildman–Crippen LogP) is 2.36. The number of carboxylic acid groups (broad SMARTS) is 1. The molecule has 6 nitrogen and oxygen atoms in total. The first-order chi connectivity index (χ1) is 11.9. The molecule has 0 aromatic carbocycles. The second-order valence-corrected chi connectivity index (χ2v) is 5.56. The summed E-state index contributed by atoms with van der Waals surface area (Å²) in [4.78, 5) is 27.5. The summed E-state index contributed by atoms with van der Waals surface area (Å²) in [5.74, 6) is -7.65. The number of ether oxygens (including phenoxy) is 1. The lowest BCUT2D eigenvalue weighted by Crippen LogP contribution is -2.34. The molecule has 2 rings (SSSR count). The van der Waals surface area contributed by atoms with Crippen molar-refractivity contribution in [1.82, 2.24) is 9.88 Å². The molecule has 1 aromatic heterocycles. The maximum atomic E-state index is 13.0. The Morgan fingerprint density at radius 2 is 1.88 bits per heavy atom. The Kier molecular flexibility index (Phi) is 5.33. The molecular formula is C14H12F6N2O4. The van der Waals surface area contributed by atoms with E-state index >= 15 is 0 Å². The number of carbonyl (C=O) groups excluding carboxylic acids is 1. The first-order valence-electron chi connectivity index (χ1n) is 7.13. The molecule has 0 unspecified atom stereocenters. The highest BCUT2D eigenvalue weighted by Crippen LogP contribution is 2.38. The van der Waals surface area contributed by atoms with Crippen LogP contribution in [0, 0.1) is 11.8 Å². The minimum absolute atomic E-state index is 0.483. The van der Waals surface area contributed by atoms with E-state index in [1.165, 1.54) is 6.07 Å². The quantitative estimate of drug-likeness (QED) is 0.804. The summed E-state index contributed by atoms with van der Waals surface area (Å²) in [6, 6.07) is 2.23. The third kappa shape index (κ3) is 4.55. The molecular weight excluding hydrogens is 374 g/mol. The van der Waals surface area contributed by atoms with E-state index in [9.17, 15) is 35.9 Å². The number of carbonyl (C=O) groups is 2. The van der Waals surface area contributed by atoms with Gasteiger partial charge in [0, 0.05) is 19.3 Å². The number of nitrogens with zero attached hydrogens (tertiary/aromatic N) is 2. The Morgan fingerprint density at radius 3 is 2.38 bits per heavy atom. The van der Waals surface area contributed by atoms with Crippen LogP contribution < -0.4 is 4.74 Å². The van der Waals surface area contributed by atoms with Crippen LogP contribution in [0.25, 0.3) is 0 Å². The van der Waals surface area contributed by atoms with Crippen molar-refractivity contribution in [2.45, 2.75) is 12.4 Å². The Labute approximate surface area is 142 Å². The van der Waals surface area contributed by atoms with Crippen molar-refractivity contribution in [3.05, 3.63) is 23.9 Å². The molecule has 0 spiro atoms. The average Bonchev–Trinajstić information content (AvgIpc) is 2.97. The zero-order chi connectivity index (χ0) is 19.7. The van der Waals surface area contributed by atoms with E-state index in [0.717, 1.165) is 12.3 Å². The molecule has 0 saturated carbocycles. The lowest BCUT2D eigenvalue weighted by Gasteiger charge is -2.19. The topological polar surface area (TPSA) is 79.7 Å². The molecule has 26 heavy (non-hydrogen) atoms.